The molecule has 0 saturated heterocycles. The Morgan fingerprint density at radius 1 is 1.02 bits per heavy atom. The smallest absolute Gasteiger partial charge is 0.496 e. The molecule has 4 atom stereocenters. The fourth-order valence-corrected chi connectivity index (χ4v) is 7.55. The van der Waals surface area contributed by atoms with E-state index in [0.29, 0.717) is 25.3 Å². The highest BCUT2D eigenvalue weighted by molar-refractivity contribution is 7.92. The summed E-state index contributed by atoms with van der Waals surface area (Å²) in [6.07, 6.45) is 1.92. The monoisotopic (exact) mass is 709 g/mol. The Bertz CT molecular complexity index is 1880. The van der Waals surface area contributed by atoms with Crippen LogP contribution in [0.15, 0.2) is 65.6 Å². The second-order valence-corrected chi connectivity index (χ2v) is 14.0. The summed E-state index contributed by atoms with van der Waals surface area (Å²) in [6, 6.07) is 10.4. The second kappa shape index (κ2) is 13.4. The lowest BCUT2D eigenvalue weighted by molar-refractivity contribution is -0.586. The number of anilines is 1. The number of rotatable bonds is 11. The Hall–Kier alpha value is -4.61. The predicted molar refractivity (Wildman–Crippen MR) is 165 cm³/mol. The molecule has 0 aliphatic heterocycles. The lowest BCUT2D eigenvalue weighted by Gasteiger charge is -2.31. The molecule has 49 heavy (non-hydrogen) atoms. The average Bonchev–Trinajstić information content (AvgIpc) is 3.67. The van der Waals surface area contributed by atoms with E-state index in [-0.39, 0.29) is 45.5 Å². The Morgan fingerprint density at radius 2 is 1.67 bits per heavy atom. The van der Waals surface area contributed by atoms with Crippen molar-refractivity contribution in [3.8, 4) is 16.9 Å². The van der Waals surface area contributed by atoms with Crippen LogP contribution in [0.3, 0.4) is 0 Å². The maximum absolute atomic E-state index is 15.3. The number of nitro groups is 1. The highest BCUT2D eigenvalue weighted by atomic mass is 32.2. The van der Waals surface area contributed by atoms with Gasteiger partial charge in [-0.25, -0.2) is 12.8 Å². The molecule has 262 valence electrons. The Morgan fingerprint density at radius 3 is 2.27 bits per heavy atom. The standard InChI is InChI=1S/C32H31F4N3O9S/c1-48-26-14-25(33)23(17-7-9-20(10-8-17)31(15-40,16-41)39(44)45)13-24(26)29(42)38-28-19-6-5-18(11-19)27(28)30(43)37-21-3-2-4-22(12-21)49(46,47)32(34,35)36/h2-4,7-10,12-14,18-19,27-28,40-41H,5-6,11,15-16H2,1H3,(H,37,43)(H,38,42)/t18-,19+,27+,28-/m1/s1. The highest BCUT2D eigenvalue weighted by Crippen LogP contribution is 2.49. The molecule has 0 heterocycles. The molecular weight excluding hydrogens is 678 g/mol. The molecule has 2 saturated carbocycles. The fourth-order valence-electron chi connectivity index (χ4n) is 6.74. The molecule has 2 bridgehead atoms. The number of ether oxygens (including phenoxy) is 1. The topological polar surface area (TPSA) is 185 Å². The molecule has 5 rings (SSSR count). The maximum Gasteiger partial charge on any atom is 0.501 e. The number of nitrogens with zero attached hydrogens (tertiary/aromatic N) is 1. The van der Waals surface area contributed by atoms with Crippen LogP contribution < -0.4 is 15.4 Å². The van der Waals surface area contributed by atoms with Gasteiger partial charge in [0.25, 0.3) is 21.3 Å². The Kier molecular flexibility index (Phi) is 9.73. The van der Waals surface area contributed by atoms with E-state index in [9.17, 15) is 51.5 Å². The number of benzene rings is 3. The normalized spacial score (nSPS) is 20.6. The minimum Gasteiger partial charge on any atom is -0.496 e. The van der Waals surface area contributed by atoms with Crippen molar-refractivity contribution < 1.29 is 55.4 Å². The van der Waals surface area contributed by atoms with E-state index in [1.165, 1.54) is 43.5 Å². The number of alkyl halides is 3. The number of sulfone groups is 1. The Labute approximate surface area is 277 Å². The van der Waals surface area contributed by atoms with Gasteiger partial charge in [0.15, 0.2) is 0 Å². The molecule has 2 aliphatic carbocycles. The largest absolute Gasteiger partial charge is 0.501 e. The molecule has 2 aliphatic rings. The molecule has 0 aromatic heterocycles. The third kappa shape index (κ3) is 6.45. The van der Waals surface area contributed by atoms with Gasteiger partial charge in [0, 0.05) is 33.8 Å². The Balaban J connectivity index is 1.40. The van der Waals surface area contributed by atoms with E-state index in [2.05, 4.69) is 10.6 Å². The van der Waals surface area contributed by atoms with Crippen molar-refractivity contribution in [1.82, 2.24) is 5.32 Å². The first-order valence-electron chi connectivity index (χ1n) is 15.0. The average molecular weight is 710 g/mol. The molecule has 3 aromatic carbocycles. The summed E-state index contributed by atoms with van der Waals surface area (Å²) in [6.45, 7) is -1.99. The zero-order chi connectivity index (χ0) is 35.9. The number of fused-ring (bicyclic) bond motifs is 2. The number of carbonyl (C=O) groups is 2. The second-order valence-electron chi connectivity index (χ2n) is 12.0. The van der Waals surface area contributed by atoms with Crippen molar-refractivity contribution in [1.29, 1.82) is 0 Å². The molecule has 2 amide bonds. The SMILES string of the molecule is COc1cc(F)c(-c2ccc(C(CO)(CO)[N+](=O)[O-])cc2)cc1C(=O)N[C@@H]1[C@H]2CC[C@H](C2)[C@@H]1C(=O)Nc1cccc(S(=O)(=O)C(F)(F)F)c1. The van der Waals surface area contributed by atoms with Gasteiger partial charge in [-0.05, 0) is 60.9 Å². The number of aliphatic hydroxyl groups is 2. The van der Waals surface area contributed by atoms with E-state index < -0.39 is 73.5 Å². The van der Waals surface area contributed by atoms with Crippen LogP contribution in [0.1, 0.15) is 35.2 Å². The van der Waals surface area contributed by atoms with E-state index in [1.54, 1.807) is 0 Å². The summed E-state index contributed by atoms with van der Waals surface area (Å²) in [5.41, 5.74) is -7.90. The van der Waals surface area contributed by atoms with Crippen LogP contribution in [0, 0.1) is 33.7 Å². The predicted octanol–water partition coefficient (Wildman–Crippen LogP) is 4.03. The molecule has 0 radical (unpaired) electrons. The van der Waals surface area contributed by atoms with E-state index in [1.807, 2.05) is 0 Å². The van der Waals surface area contributed by atoms with Crippen LogP contribution in [0.4, 0.5) is 23.2 Å². The molecular formula is C32H31F4N3O9S. The lowest BCUT2D eigenvalue weighted by atomic mass is 9.83. The van der Waals surface area contributed by atoms with Crippen molar-refractivity contribution in [3.63, 3.8) is 0 Å². The molecule has 12 nitrogen and oxygen atoms in total. The van der Waals surface area contributed by atoms with Gasteiger partial charge in [0.05, 0.1) is 23.5 Å². The number of carbonyl (C=O) groups excluding carboxylic acids is 2. The molecule has 17 heteroatoms. The number of halogens is 4. The van der Waals surface area contributed by atoms with Crippen LogP contribution in [0.25, 0.3) is 11.1 Å². The number of aliphatic hydroxyl groups excluding tert-OH is 2. The van der Waals surface area contributed by atoms with Gasteiger partial charge in [-0.15, -0.1) is 0 Å². The van der Waals surface area contributed by atoms with Gasteiger partial charge < -0.3 is 25.6 Å². The van der Waals surface area contributed by atoms with Gasteiger partial charge in [0.2, 0.25) is 5.91 Å². The van der Waals surface area contributed by atoms with E-state index in [4.69, 9.17) is 4.74 Å². The number of hydrogen-bond donors (Lipinski definition) is 4. The minimum absolute atomic E-state index is 0.0348. The number of amides is 2. The van der Waals surface area contributed by atoms with Crippen LogP contribution in [-0.4, -0.2) is 67.2 Å². The van der Waals surface area contributed by atoms with Gasteiger partial charge in [-0.1, -0.05) is 30.3 Å². The summed E-state index contributed by atoms with van der Waals surface area (Å²) in [5, 5.41) is 36.2. The van der Waals surface area contributed by atoms with Crippen molar-refractivity contribution in [2.75, 3.05) is 25.6 Å². The zero-order valence-corrected chi connectivity index (χ0v) is 26.6. The van der Waals surface area contributed by atoms with Crippen molar-refractivity contribution >= 4 is 27.3 Å². The third-order valence-corrected chi connectivity index (χ3v) is 10.9. The molecule has 0 spiro atoms. The van der Waals surface area contributed by atoms with Crippen molar-refractivity contribution in [2.45, 2.75) is 41.2 Å². The number of methoxy groups -OCH3 is 1. The molecule has 3 aromatic rings. The van der Waals surface area contributed by atoms with Gasteiger partial charge in [-0.2, -0.15) is 13.2 Å². The van der Waals surface area contributed by atoms with Crippen LogP contribution >= 0.6 is 0 Å². The number of hydrogen-bond acceptors (Lipinski definition) is 9. The maximum atomic E-state index is 15.3. The summed E-state index contributed by atoms with van der Waals surface area (Å²) in [5.74, 6) is -3.37. The first kappa shape index (κ1) is 35.7. The first-order valence-corrected chi connectivity index (χ1v) is 16.4. The fraction of sp³-hybridized carbons (Fsp3) is 0.375. The van der Waals surface area contributed by atoms with Crippen LogP contribution in [0.2, 0.25) is 0 Å². The summed E-state index contributed by atoms with van der Waals surface area (Å²) < 4.78 is 83.6. The van der Waals surface area contributed by atoms with Crippen molar-refractivity contribution in [2.24, 2.45) is 17.8 Å². The van der Waals surface area contributed by atoms with Crippen LogP contribution in [-0.2, 0) is 20.2 Å². The number of nitrogens with one attached hydrogen (secondary N) is 2. The minimum atomic E-state index is -5.66. The van der Waals surface area contributed by atoms with Gasteiger partial charge in [-0.3, -0.25) is 19.7 Å². The van der Waals surface area contributed by atoms with Gasteiger partial charge >= 0.3 is 5.51 Å². The summed E-state index contributed by atoms with van der Waals surface area (Å²) in [7, 11) is -4.44. The molecule has 2 fully saturated rings. The third-order valence-electron chi connectivity index (χ3n) is 9.37. The van der Waals surface area contributed by atoms with E-state index in [0.717, 1.165) is 18.2 Å². The highest BCUT2D eigenvalue weighted by Gasteiger charge is 2.52. The van der Waals surface area contributed by atoms with Gasteiger partial charge in [0.1, 0.15) is 24.8 Å². The lowest BCUT2D eigenvalue weighted by Crippen LogP contribution is -2.48. The summed E-state index contributed by atoms with van der Waals surface area (Å²) >= 11 is 0. The van der Waals surface area contributed by atoms with Crippen LogP contribution in [0.5, 0.6) is 5.75 Å². The summed E-state index contributed by atoms with van der Waals surface area (Å²) in [4.78, 5) is 36.9. The zero-order valence-electron chi connectivity index (χ0n) is 25.7. The first-order chi connectivity index (χ1) is 23.1. The molecule has 4 N–H and O–H groups in total. The molecule has 0 unspecified atom stereocenters. The van der Waals surface area contributed by atoms with Crippen molar-refractivity contribution in [3.05, 3.63) is 87.7 Å². The van der Waals surface area contributed by atoms with E-state index >= 15 is 4.39 Å². The quantitative estimate of drug-likeness (QED) is 0.130.